The Morgan fingerprint density at radius 1 is 1.17 bits per heavy atom. The lowest BCUT2D eigenvalue weighted by atomic mass is 10.1. The number of rotatable bonds is 9. The monoisotopic (exact) mass is 646 g/mol. The van der Waals surface area contributed by atoms with Gasteiger partial charge in [0, 0.05) is 49.1 Å². The largest absolute Gasteiger partial charge is 0.496 e. The highest BCUT2D eigenvalue weighted by atomic mass is 16.5. The Bertz CT molecular complexity index is 1650. The molecule has 2 N–H and O–H groups in total. The molecule has 47 heavy (non-hydrogen) atoms. The van der Waals surface area contributed by atoms with Crippen LogP contribution in [0.5, 0.6) is 11.5 Å². The first-order chi connectivity index (χ1) is 22.6. The number of carbonyl (C=O) groups excluding carboxylic acids is 3. The topological polar surface area (TPSA) is 137 Å². The molecule has 3 atom stereocenters. The lowest BCUT2D eigenvalue weighted by Crippen LogP contribution is -2.56. The number of aromatic nitrogens is 3. The van der Waals surface area contributed by atoms with Gasteiger partial charge < -0.3 is 29.7 Å². The van der Waals surface area contributed by atoms with Gasteiger partial charge >= 0.3 is 12.0 Å². The second-order valence-electron chi connectivity index (χ2n) is 12.6. The second kappa shape index (κ2) is 14.4. The Balaban J connectivity index is 1.42. The van der Waals surface area contributed by atoms with Crippen LogP contribution in [-0.2, 0) is 14.3 Å². The van der Waals surface area contributed by atoms with E-state index in [1.165, 1.54) is 0 Å². The van der Waals surface area contributed by atoms with Gasteiger partial charge in [0.1, 0.15) is 23.1 Å². The van der Waals surface area contributed by atoms with Crippen molar-refractivity contribution in [2.45, 2.75) is 77.3 Å². The van der Waals surface area contributed by atoms with Crippen molar-refractivity contribution in [3.05, 3.63) is 53.9 Å². The minimum Gasteiger partial charge on any atom is -0.496 e. The van der Waals surface area contributed by atoms with Crippen LogP contribution in [0.4, 0.5) is 4.79 Å². The maximum absolute atomic E-state index is 13.8. The van der Waals surface area contributed by atoms with Crippen LogP contribution in [0.25, 0.3) is 16.7 Å². The second-order valence-corrected chi connectivity index (χ2v) is 12.6. The molecule has 1 fully saturated rings. The molecule has 0 unspecified atom stereocenters. The minimum absolute atomic E-state index is 0.0950. The molecular weight excluding hydrogens is 600 g/mol. The Labute approximate surface area is 275 Å². The lowest BCUT2D eigenvalue weighted by molar-refractivity contribution is -0.149. The predicted octanol–water partition coefficient (Wildman–Crippen LogP) is 4.82. The average molecular weight is 647 g/mol. The fraction of sp³-hybridized carbons (Fsp3) is 0.514. The highest BCUT2D eigenvalue weighted by Crippen LogP contribution is 2.46. The zero-order valence-corrected chi connectivity index (χ0v) is 28.2. The molecule has 252 valence electrons. The van der Waals surface area contributed by atoms with E-state index in [1.807, 2.05) is 49.5 Å². The predicted molar refractivity (Wildman–Crippen MR) is 178 cm³/mol. The number of amides is 3. The Morgan fingerprint density at radius 2 is 1.98 bits per heavy atom. The van der Waals surface area contributed by atoms with Crippen LogP contribution in [-0.4, -0.2) is 83.1 Å². The number of pyridine rings is 1. The van der Waals surface area contributed by atoms with Crippen molar-refractivity contribution >= 4 is 28.8 Å². The molecule has 1 aliphatic carbocycles. The van der Waals surface area contributed by atoms with E-state index in [-0.39, 0.29) is 37.5 Å². The molecule has 0 spiro atoms. The van der Waals surface area contributed by atoms with Gasteiger partial charge in [0.05, 0.1) is 31.5 Å². The fourth-order valence-electron chi connectivity index (χ4n) is 5.90. The molecule has 5 rings (SSSR count). The van der Waals surface area contributed by atoms with Crippen LogP contribution >= 0.6 is 0 Å². The summed E-state index contributed by atoms with van der Waals surface area (Å²) in [5, 5.41) is 11.3. The van der Waals surface area contributed by atoms with E-state index < -0.39 is 23.5 Å². The van der Waals surface area contributed by atoms with Gasteiger partial charge in [-0.1, -0.05) is 26.0 Å². The van der Waals surface area contributed by atoms with Gasteiger partial charge in [0.2, 0.25) is 5.91 Å². The van der Waals surface area contributed by atoms with E-state index in [9.17, 15) is 14.4 Å². The number of fused-ring (bicyclic) bond motifs is 2. The van der Waals surface area contributed by atoms with Gasteiger partial charge in [0.15, 0.2) is 5.82 Å². The van der Waals surface area contributed by atoms with Crippen LogP contribution in [0.15, 0.2) is 42.6 Å². The highest BCUT2D eigenvalue weighted by molar-refractivity contribution is 5.95. The highest BCUT2D eigenvalue weighted by Gasteiger charge is 2.61. The number of urea groups is 1. The zero-order chi connectivity index (χ0) is 33.7. The van der Waals surface area contributed by atoms with Crippen LogP contribution in [0, 0.1) is 12.8 Å². The summed E-state index contributed by atoms with van der Waals surface area (Å²) in [6.45, 7) is 8.70. The summed E-state index contributed by atoms with van der Waals surface area (Å²) in [5.41, 5.74) is 1.35. The number of benzene rings is 1. The molecular formula is C35H46N6O6. The van der Waals surface area contributed by atoms with Gasteiger partial charge in [-0.15, -0.1) is 0 Å². The fourth-order valence-corrected chi connectivity index (χ4v) is 5.90. The molecule has 1 saturated carbocycles. The van der Waals surface area contributed by atoms with Crippen molar-refractivity contribution in [3.63, 3.8) is 0 Å². The van der Waals surface area contributed by atoms with Gasteiger partial charge in [-0.25, -0.2) is 19.3 Å². The Morgan fingerprint density at radius 3 is 2.70 bits per heavy atom. The number of carbonyl (C=O) groups is 3. The number of nitrogens with zero attached hydrogens (tertiary/aromatic N) is 4. The third-order valence-electron chi connectivity index (χ3n) is 8.90. The number of nitrogens with one attached hydrogen (secondary N) is 2. The molecule has 1 aromatic carbocycles. The number of hydrogen-bond acceptors (Lipinski definition) is 8. The number of hydrogen-bond donors (Lipinski definition) is 2. The average Bonchev–Trinajstić information content (AvgIpc) is 3.50. The Kier molecular flexibility index (Phi) is 10.4. The van der Waals surface area contributed by atoms with Crippen molar-refractivity contribution in [3.8, 4) is 17.3 Å². The van der Waals surface area contributed by atoms with E-state index in [0.717, 1.165) is 35.9 Å². The normalized spacial score (nSPS) is 22.6. The smallest absolute Gasteiger partial charge is 0.332 e. The maximum Gasteiger partial charge on any atom is 0.332 e. The zero-order valence-electron chi connectivity index (χ0n) is 28.2. The van der Waals surface area contributed by atoms with Crippen molar-refractivity contribution in [1.82, 2.24) is 30.3 Å². The summed E-state index contributed by atoms with van der Waals surface area (Å²) in [6.07, 6.45) is 9.07. The summed E-state index contributed by atoms with van der Waals surface area (Å²) in [6, 6.07) is 6.22. The lowest BCUT2D eigenvalue weighted by Gasteiger charge is -2.26. The van der Waals surface area contributed by atoms with Gasteiger partial charge in [-0.2, -0.15) is 5.10 Å². The van der Waals surface area contributed by atoms with Crippen molar-refractivity contribution in [1.29, 1.82) is 0 Å². The van der Waals surface area contributed by atoms with Crippen LogP contribution in [0.2, 0.25) is 0 Å². The van der Waals surface area contributed by atoms with Crippen LogP contribution < -0.4 is 20.1 Å². The molecule has 3 heterocycles. The van der Waals surface area contributed by atoms with E-state index in [4.69, 9.17) is 24.3 Å². The summed E-state index contributed by atoms with van der Waals surface area (Å²) in [4.78, 5) is 46.5. The SMILES string of the molecule is CCOC(=O)[C@@]12C[C@H]1/C=C\CCCCN(C)C(=O)N[C@@H](CCOc1cc(-n3ccc(C(C)C)n3)nc3c(C)c(OC)ccc13)C(=O)N2. The molecule has 12 nitrogen and oxygen atoms in total. The summed E-state index contributed by atoms with van der Waals surface area (Å²) in [5.74, 6) is 0.985. The first-order valence-corrected chi connectivity index (χ1v) is 16.4. The molecule has 1 aliphatic heterocycles. The molecule has 12 heteroatoms. The first-order valence-electron chi connectivity index (χ1n) is 16.4. The van der Waals surface area contributed by atoms with Gasteiger partial charge in [-0.05, 0) is 63.6 Å². The molecule has 0 bridgehead atoms. The quantitative estimate of drug-likeness (QED) is 0.250. The molecule has 0 saturated heterocycles. The molecule has 0 radical (unpaired) electrons. The van der Waals surface area contributed by atoms with E-state index >= 15 is 0 Å². The van der Waals surface area contributed by atoms with Crippen molar-refractivity contribution in [2.75, 3.05) is 33.9 Å². The van der Waals surface area contributed by atoms with Gasteiger partial charge in [0.25, 0.3) is 0 Å². The number of ether oxygens (including phenoxy) is 3. The van der Waals surface area contributed by atoms with Crippen LogP contribution in [0.1, 0.15) is 70.1 Å². The number of esters is 1. The van der Waals surface area contributed by atoms with Gasteiger partial charge in [-0.3, -0.25) is 4.79 Å². The third-order valence-corrected chi connectivity index (χ3v) is 8.90. The minimum atomic E-state index is -1.14. The summed E-state index contributed by atoms with van der Waals surface area (Å²) in [7, 11) is 3.33. The van der Waals surface area contributed by atoms with E-state index in [0.29, 0.717) is 35.8 Å². The molecule has 2 aliphatic rings. The Hall–Kier alpha value is -4.61. The van der Waals surface area contributed by atoms with Crippen molar-refractivity contribution in [2.24, 2.45) is 5.92 Å². The number of methoxy groups -OCH3 is 1. The van der Waals surface area contributed by atoms with E-state index in [2.05, 4.69) is 24.5 Å². The number of aryl methyl sites for hydroxylation is 1. The first kappa shape index (κ1) is 33.7. The third kappa shape index (κ3) is 7.36. The summed E-state index contributed by atoms with van der Waals surface area (Å²) >= 11 is 0. The number of allylic oxidation sites excluding steroid dienone is 1. The summed E-state index contributed by atoms with van der Waals surface area (Å²) < 4.78 is 19.0. The molecule has 3 amide bonds. The van der Waals surface area contributed by atoms with Crippen LogP contribution in [0.3, 0.4) is 0 Å². The van der Waals surface area contributed by atoms with E-state index in [1.54, 1.807) is 30.7 Å². The van der Waals surface area contributed by atoms with Crippen molar-refractivity contribution < 1.29 is 28.6 Å². The molecule has 3 aromatic rings. The maximum atomic E-state index is 13.8. The standard InChI is InChI=1S/C35H46N6O6/c1-7-46-33(43)35-21-24(35)12-10-8-9-11-17-40(5)34(44)36-27(32(42)38-35)16-19-47-29-20-30(41-18-15-26(39-41)22(2)3)37-31-23(4)28(45-6)14-13-25(29)31/h10,12-15,18,20,22,24,27H,7-9,11,16-17,19,21H2,1-6H3,(H,36,44)(H,38,42)/b12-10-/t24-,27+,35-/m1/s1. The molecule has 2 aromatic heterocycles.